The Morgan fingerprint density at radius 3 is 2.91 bits per heavy atom. The van der Waals surface area contributed by atoms with Gasteiger partial charge in [-0.3, -0.25) is 0 Å². The molecule has 0 aromatic heterocycles. The van der Waals surface area contributed by atoms with Crippen LogP contribution >= 0.6 is 0 Å². The van der Waals surface area contributed by atoms with Gasteiger partial charge in [-0.2, -0.15) is 0 Å². The van der Waals surface area contributed by atoms with E-state index in [9.17, 15) is 0 Å². The van der Waals surface area contributed by atoms with Gasteiger partial charge in [0.2, 0.25) is 0 Å². The minimum absolute atomic E-state index is 0.371. The summed E-state index contributed by atoms with van der Waals surface area (Å²) < 4.78 is 5.64. The zero-order valence-electron chi connectivity index (χ0n) is 14.7. The van der Waals surface area contributed by atoms with Crippen molar-refractivity contribution >= 4 is 5.96 Å². The molecule has 2 aliphatic heterocycles. The Morgan fingerprint density at radius 1 is 1.35 bits per heavy atom. The number of ether oxygens (including phenoxy) is 1. The molecule has 1 N–H and O–H groups in total. The standard InChI is InChI=1S/C19H29N3O/c1-4-20-18(21-12-17-6-5-15(2)11-16(17)3)22-9-7-19(13-22)8-10-23-14-19/h5-6,11H,4,7-10,12-14H2,1-3H3,(H,20,21). The van der Waals surface area contributed by atoms with E-state index in [0.29, 0.717) is 5.41 Å². The fourth-order valence-corrected chi connectivity index (χ4v) is 3.70. The maximum atomic E-state index is 5.64. The minimum atomic E-state index is 0.371. The maximum Gasteiger partial charge on any atom is 0.194 e. The molecule has 2 heterocycles. The Morgan fingerprint density at radius 2 is 2.22 bits per heavy atom. The van der Waals surface area contributed by atoms with E-state index in [2.05, 4.69) is 49.2 Å². The number of rotatable bonds is 3. The second-order valence-electron chi connectivity index (χ2n) is 7.07. The molecule has 2 aliphatic rings. The Balaban J connectivity index is 1.71. The van der Waals surface area contributed by atoms with Crippen LogP contribution in [0, 0.1) is 19.3 Å². The zero-order valence-corrected chi connectivity index (χ0v) is 14.7. The van der Waals surface area contributed by atoms with Gasteiger partial charge in [0.25, 0.3) is 0 Å². The van der Waals surface area contributed by atoms with Crippen molar-refractivity contribution in [2.75, 3.05) is 32.8 Å². The molecule has 2 saturated heterocycles. The molecule has 1 unspecified atom stereocenters. The molecular weight excluding hydrogens is 286 g/mol. The molecule has 0 radical (unpaired) electrons. The molecule has 126 valence electrons. The largest absolute Gasteiger partial charge is 0.381 e. The van der Waals surface area contributed by atoms with Gasteiger partial charge in [0.15, 0.2) is 5.96 Å². The lowest BCUT2D eigenvalue weighted by Gasteiger charge is -2.25. The first kappa shape index (κ1) is 16.3. The number of nitrogens with zero attached hydrogens (tertiary/aromatic N) is 2. The lowest BCUT2D eigenvalue weighted by molar-refractivity contribution is 0.156. The van der Waals surface area contributed by atoms with Crippen molar-refractivity contribution < 1.29 is 4.74 Å². The van der Waals surface area contributed by atoms with Crippen LogP contribution in [0.2, 0.25) is 0 Å². The summed E-state index contributed by atoms with van der Waals surface area (Å²) in [5.41, 5.74) is 4.32. The van der Waals surface area contributed by atoms with E-state index in [0.717, 1.165) is 45.4 Å². The number of hydrogen-bond donors (Lipinski definition) is 1. The molecule has 0 bridgehead atoms. The van der Waals surface area contributed by atoms with Crippen LogP contribution in [0.4, 0.5) is 0 Å². The van der Waals surface area contributed by atoms with Gasteiger partial charge in [-0.25, -0.2) is 4.99 Å². The first-order chi connectivity index (χ1) is 11.1. The van der Waals surface area contributed by atoms with Crippen LogP contribution in [0.1, 0.15) is 36.5 Å². The van der Waals surface area contributed by atoms with Gasteiger partial charge in [0.1, 0.15) is 0 Å². The van der Waals surface area contributed by atoms with Crippen LogP contribution in [0.25, 0.3) is 0 Å². The highest BCUT2D eigenvalue weighted by Crippen LogP contribution is 2.38. The molecule has 3 rings (SSSR count). The SMILES string of the molecule is CCNC(=NCc1ccc(C)cc1C)N1CCC2(CCOC2)C1. The summed E-state index contributed by atoms with van der Waals surface area (Å²) in [6.45, 7) is 12.1. The average Bonchev–Trinajstić information content (AvgIpc) is 3.16. The van der Waals surface area contributed by atoms with E-state index in [1.807, 2.05) is 0 Å². The molecule has 4 heteroatoms. The van der Waals surface area contributed by atoms with Gasteiger partial charge < -0.3 is 15.0 Å². The van der Waals surface area contributed by atoms with E-state index in [-0.39, 0.29) is 0 Å². The summed E-state index contributed by atoms with van der Waals surface area (Å²) in [6, 6.07) is 6.61. The second-order valence-corrected chi connectivity index (χ2v) is 7.07. The summed E-state index contributed by atoms with van der Waals surface area (Å²) in [7, 11) is 0. The van der Waals surface area contributed by atoms with E-state index in [4.69, 9.17) is 9.73 Å². The van der Waals surface area contributed by atoms with Gasteiger partial charge in [-0.15, -0.1) is 0 Å². The molecule has 1 aromatic rings. The number of aryl methyl sites for hydroxylation is 2. The number of aliphatic imine (C=N–C) groups is 1. The van der Waals surface area contributed by atoms with E-state index in [1.165, 1.54) is 29.5 Å². The highest BCUT2D eigenvalue weighted by molar-refractivity contribution is 5.80. The molecule has 1 spiro atoms. The fourth-order valence-electron chi connectivity index (χ4n) is 3.70. The van der Waals surface area contributed by atoms with Crippen LogP contribution < -0.4 is 5.32 Å². The summed E-state index contributed by atoms with van der Waals surface area (Å²) in [6.07, 6.45) is 2.42. The van der Waals surface area contributed by atoms with Gasteiger partial charge in [-0.1, -0.05) is 23.8 Å². The van der Waals surface area contributed by atoms with Crippen LogP contribution in [-0.2, 0) is 11.3 Å². The predicted octanol–water partition coefficient (Wildman–Crippen LogP) is 2.88. The molecule has 0 amide bonds. The van der Waals surface area contributed by atoms with Crippen molar-refractivity contribution in [1.29, 1.82) is 0 Å². The normalized spacial score (nSPS) is 24.7. The first-order valence-corrected chi connectivity index (χ1v) is 8.79. The van der Waals surface area contributed by atoms with Crippen LogP contribution in [0.5, 0.6) is 0 Å². The van der Waals surface area contributed by atoms with E-state index in [1.54, 1.807) is 0 Å². The van der Waals surface area contributed by atoms with Crippen molar-refractivity contribution in [2.24, 2.45) is 10.4 Å². The second kappa shape index (κ2) is 6.91. The fraction of sp³-hybridized carbons (Fsp3) is 0.632. The van der Waals surface area contributed by atoms with Gasteiger partial charge in [-0.05, 0) is 44.7 Å². The number of hydrogen-bond acceptors (Lipinski definition) is 2. The summed E-state index contributed by atoms with van der Waals surface area (Å²) >= 11 is 0. The maximum absolute atomic E-state index is 5.64. The van der Waals surface area contributed by atoms with Crippen molar-refractivity contribution in [3.05, 3.63) is 34.9 Å². The lowest BCUT2D eigenvalue weighted by atomic mass is 9.87. The Labute approximate surface area is 139 Å². The van der Waals surface area contributed by atoms with E-state index >= 15 is 0 Å². The molecule has 1 aromatic carbocycles. The number of likely N-dealkylation sites (tertiary alicyclic amines) is 1. The van der Waals surface area contributed by atoms with Crippen LogP contribution in [0.3, 0.4) is 0 Å². The number of guanidine groups is 1. The molecule has 4 nitrogen and oxygen atoms in total. The Kier molecular flexibility index (Phi) is 4.90. The molecule has 1 atom stereocenters. The number of nitrogens with one attached hydrogen (secondary N) is 1. The van der Waals surface area contributed by atoms with Crippen molar-refractivity contribution in [2.45, 2.75) is 40.2 Å². The van der Waals surface area contributed by atoms with Gasteiger partial charge in [0.05, 0.1) is 13.2 Å². The average molecular weight is 315 g/mol. The van der Waals surface area contributed by atoms with Gasteiger partial charge in [0, 0.05) is 31.7 Å². The Bertz CT molecular complexity index is 576. The third-order valence-electron chi connectivity index (χ3n) is 5.15. The molecule has 0 saturated carbocycles. The summed E-state index contributed by atoms with van der Waals surface area (Å²) in [5, 5.41) is 3.47. The monoisotopic (exact) mass is 315 g/mol. The Hall–Kier alpha value is -1.55. The summed E-state index contributed by atoms with van der Waals surface area (Å²) in [5.74, 6) is 1.05. The van der Waals surface area contributed by atoms with Crippen LogP contribution in [0.15, 0.2) is 23.2 Å². The van der Waals surface area contributed by atoms with Crippen molar-refractivity contribution in [1.82, 2.24) is 10.2 Å². The molecule has 2 fully saturated rings. The third-order valence-corrected chi connectivity index (χ3v) is 5.15. The zero-order chi connectivity index (χ0) is 16.3. The first-order valence-electron chi connectivity index (χ1n) is 8.79. The summed E-state index contributed by atoms with van der Waals surface area (Å²) in [4.78, 5) is 7.32. The number of benzene rings is 1. The molecule has 23 heavy (non-hydrogen) atoms. The smallest absolute Gasteiger partial charge is 0.194 e. The topological polar surface area (TPSA) is 36.9 Å². The lowest BCUT2D eigenvalue weighted by Crippen LogP contribution is -2.41. The highest BCUT2D eigenvalue weighted by Gasteiger charge is 2.42. The molecule has 0 aliphatic carbocycles. The van der Waals surface area contributed by atoms with Gasteiger partial charge >= 0.3 is 0 Å². The minimum Gasteiger partial charge on any atom is -0.381 e. The third kappa shape index (κ3) is 3.69. The molecular formula is C19H29N3O. The predicted molar refractivity (Wildman–Crippen MR) is 94.8 cm³/mol. The van der Waals surface area contributed by atoms with E-state index < -0.39 is 0 Å². The quantitative estimate of drug-likeness (QED) is 0.688. The van der Waals surface area contributed by atoms with Crippen molar-refractivity contribution in [3.63, 3.8) is 0 Å². The van der Waals surface area contributed by atoms with Crippen LogP contribution in [-0.4, -0.2) is 43.7 Å². The van der Waals surface area contributed by atoms with Crippen molar-refractivity contribution in [3.8, 4) is 0 Å². The highest BCUT2D eigenvalue weighted by atomic mass is 16.5.